The van der Waals surface area contributed by atoms with Crippen LogP contribution in [-0.2, 0) is 9.59 Å². The van der Waals surface area contributed by atoms with E-state index in [4.69, 9.17) is 0 Å². The van der Waals surface area contributed by atoms with Crippen LogP contribution >= 0.6 is 0 Å². The smallest absolute Gasteiger partial charge is 0.248 e. The Bertz CT molecular complexity index is 783. The summed E-state index contributed by atoms with van der Waals surface area (Å²) in [5, 5.41) is 3.73. The highest BCUT2D eigenvalue weighted by atomic mass is 16.2. The second-order valence-electron chi connectivity index (χ2n) is 6.31. The number of fused-ring (bicyclic) bond motifs is 1. The Balaban J connectivity index is 1.83. The molecule has 0 spiro atoms. The Morgan fingerprint density at radius 1 is 1.38 bits per heavy atom. The van der Waals surface area contributed by atoms with E-state index in [0.717, 1.165) is 29.5 Å². The molecular formula is C17H23N5O2. The van der Waals surface area contributed by atoms with Gasteiger partial charge in [-0.2, -0.15) is 0 Å². The van der Waals surface area contributed by atoms with Crippen molar-refractivity contribution in [3.05, 3.63) is 17.6 Å². The molecular weight excluding hydrogens is 306 g/mol. The Hall–Kier alpha value is -2.44. The third kappa shape index (κ3) is 2.86. The van der Waals surface area contributed by atoms with Gasteiger partial charge in [0.15, 0.2) is 0 Å². The molecule has 2 amide bonds. The summed E-state index contributed by atoms with van der Waals surface area (Å²) < 4.78 is 0. The van der Waals surface area contributed by atoms with E-state index in [2.05, 4.69) is 20.3 Å². The van der Waals surface area contributed by atoms with E-state index in [9.17, 15) is 9.59 Å². The topological polar surface area (TPSA) is 91.0 Å². The summed E-state index contributed by atoms with van der Waals surface area (Å²) in [6, 6.07) is -0.408. The standard InChI is InChI=1S/C17H23N5O2/c1-4-6-13(23)22-8-5-7-12(22)17(24)21-16-14-10(2)11(3)20-15(14)18-9-19-16/h9,12H,4-8H2,1-3H3,(H2,18,19,20,21,24)/t12-/m1/s1. The van der Waals surface area contributed by atoms with Crippen molar-refractivity contribution in [1.82, 2.24) is 19.9 Å². The lowest BCUT2D eigenvalue weighted by Gasteiger charge is -2.23. The lowest BCUT2D eigenvalue weighted by Crippen LogP contribution is -2.43. The molecule has 1 aliphatic heterocycles. The first-order valence-corrected chi connectivity index (χ1v) is 8.43. The zero-order valence-electron chi connectivity index (χ0n) is 14.3. The van der Waals surface area contributed by atoms with Crippen LogP contribution < -0.4 is 5.32 Å². The van der Waals surface area contributed by atoms with Gasteiger partial charge in [-0.25, -0.2) is 9.97 Å². The number of hydrogen-bond donors (Lipinski definition) is 2. The molecule has 0 aromatic carbocycles. The fourth-order valence-corrected chi connectivity index (χ4v) is 3.28. The molecule has 1 saturated heterocycles. The number of carbonyl (C=O) groups is 2. The number of aromatic amines is 1. The molecule has 0 bridgehead atoms. The summed E-state index contributed by atoms with van der Waals surface area (Å²) in [4.78, 5) is 38.3. The number of amides is 2. The summed E-state index contributed by atoms with van der Waals surface area (Å²) >= 11 is 0. The van der Waals surface area contributed by atoms with Crippen LogP contribution in [0.4, 0.5) is 5.82 Å². The molecule has 0 unspecified atom stereocenters. The average Bonchev–Trinajstić information content (AvgIpc) is 3.14. The quantitative estimate of drug-likeness (QED) is 0.900. The lowest BCUT2D eigenvalue weighted by molar-refractivity contribution is -0.136. The summed E-state index contributed by atoms with van der Waals surface area (Å²) in [5.41, 5.74) is 2.73. The highest BCUT2D eigenvalue weighted by Crippen LogP contribution is 2.26. The predicted molar refractivity (Wildman–Crippen MR) is 91.6 cm³/mol. The number of aryl methyl sites for hydroxylation is 2. The van der Waals surface area contributed by atoms with Crippen LogP contribution in [0.1, 0.15) is 43.9 Å². The van der Waals surface area contributed by atoms with Crippen LogP contribution in [-0.4, -0.2) is 44.3 Å². The van der Waals surface area contributed by atoms with Crippen LogP contribution in [0, 0.1) is 13.8 Å². The van der Waals surface area contributed by atoms with E-state index in [1.807, 2.05) is 20.8 Å². The van der Waals surface area contributed by atoms with Crippen molar-refractivity contribution in [2.45, 2.75) is 52.5 Å². The minimum atomic E-state index is -0.408. The molecule has 1 atom stereocenters. The Labute approximate surface area is 140 Å². The van der Waals surface area contributed by atoms with Gasteiger partial charge in [-0.1, -0.05) is 6.92 Å². The molecule has 2 aromatic rings. The van der Waals surface area contributed by atoms with Crippen LogP contribution in [0.3, 0.4) is 0 Å². The van der Waals surface area contributed by atoms with Crippen LogP contribution in [0.25, 0.3) is 11.0 Å². The van der Waals surface area contributed by atoms with Gasteiger partial charge in [-0.15, -0.1) is 0 Å². The number of hydrogen-bond acceptors (Lipinski definition) is 4. The molecule has 0 saturated carbocycles. The molecule has 1 aliphatic rings. The van der Waals surface area contributed by atoms with Crippen molar-refractivity contribution in [2.24, 2.45) is 0 Å². The maximum Gasteiger partial charge on any atom is 0.248 e. The van der Waals surface area contributed by atoms with Crippen molar-refractivity contribution in [2.75, 3.05) is 11.9 Å². The van der Waals surface area contributed by atoms with E-state index in [1.165, 1.54) is 6.33 Å². The second kappa shape index (κ2) is 6.59. The van der Waals surface area contributed by atoms with Crippen LogP contribution in [0.5, 0.6) is 0 Å². The van der Waals surface area contributed by atoms with Gasteiger partial charge < -0.3 is 15.2 Å². The zero-order chi connectivity index (χ0) is 17.3. The van der Waals surface area contributed by atoms with Gasteiger partial charge in [0.2, 0.25) is 11.8 Å². The van der Waals surface area contributed by atoms with Crippen molar-refractivity contribution in [1.29, 1.82) is 0 Å². The van der Waals surface area contributed by atoms with E-state index in [-0.39, 0.29) is 11.8 Å². The first-order valence-electron chi connectivity index (χ1n) is 8.43. The number of aromatic nitrogens is 3. The average molecular weight is 329 g/mol. The highest BCUT2D eigenvalue weighted by Gasteiger charge is 2.34. The Kier molecular flexibility index (Phi) is 4.51. The summed E-state index contributed by atoms with van der Waals surface area (Å²) in [5.74, 6) is 0.383. The van der Waals surface area contributed by atoms with Crippen LogP contribution in [0.2, 0.25) is 0 Å². The maximum absolute atomic E-state index is 12.7. The molecule has 0 aliphatic carbocycles. The van der Waals surface area contributed by atoms with E-state index in [0.29, 0.717) is 30.9 Å². The van der Waals surface area contributed by atoms with Crippen LogP contribution in [0.15, 0.2) is 6.33 Å². The van der Waals surface area contributed by atoms with E-state index >= 15 is 0 Å². The molecule has 3 heterocycles. The maximum atomic E-state index is 12.7. The number of carbonyl (C=O) groups excluding carboxylic acids is 2. The third-order valence-corrected chi connectivity index (χ3v) is 4.67. The molecule has 3 rings (SSSR count). The first kappa shape index (κ1) is 16.4. The SMILES string of the molecule is CCCC(=O)N1CCC[C@@H]1C(=O)Nc1ncnc2[nH]c(C)c(C)c12. The van der Waals surface area contributed by atoms with Crippen molar-refractivity contribution in [3.8, 4) is 0 Å². The summed E-state index contributed by atoms with van der Waals surface area (Å²) in [6.07, 6.45) is 4.26. The van der Waals surface area contributed by atoms with Gasteiger partial charge in [0.25, 0.3) is 0 Å². The zero-order valence-corrected chi connectivity index (χ0v) is 14.3. The molecule has 128 valence electrons. The predicted octanol–water partition coefficient (Wildman–Crippen LogP) is 2.30. The summed E-state index contributed by atoms with van der Waals surface area (Å²) in [6.45, 7) is 6.56. The van der Waals surface area contributed by atoms with Crippen molar-refractivity contribution < 1.29 is 9.59 Å². The molecule has 2 aromatic heterocycles. The fraction of sp³-hybridized carbons (Fsp3) is 0.529. The molecule has 7 nitrogen and oxygen atoms in total. The van der Waals surface area contributed by atoms with Crippen molar-refractivity contribution in [3.63, 3.8) is 0 Å². The minimum Gasteiger partial charge on any atom is -0.343 e. The second-order valence-corrected chi connectivity index (χ2v) is 6.31. The molecule has 2 N–H and O–H groups in total. The van der Waals surface area contributed by atoms with Gasteiger partial charge >= 0.3 is 0 Å². The minimum absolute atomic E-state index is 0.0525. The first-order chi connectivity index (χ1) is 11.5. The highest BCUT2D eigenvalue weighted by molar-refractivity contribution is 6.03. The lowest BCUT2D eigenvalue weighted by atomic mass is 10.1. The molecule has 0 radical (unpaired) electrons. The largest absolute Gasteiger partial charge is 0.343 e. The van der Waals surface area contributed by atoms with Gasteiger partial charge in [-0.3, -0.25) is 9.59 Å². The number of nitrogens with zero attached hydrogens (tertiary/aromatic N) is 3. The number of rotatable bonds is 4. The van der Waals surface area contributed by atoms with Gasteiger partial charge in [-0.05, 0) is 38.7 Å². The fourth-order valence-electron chi connectivity index (χ4n) is 3.28. The molecule has 1 fully saturated rings. The molecule has 7 heteroatoms. The normalized spacial score (nSPS) is 17.5. The Morgan fingerprint density at radius 3 is 2.92 bits per heavy atom. The van der Waals surface area contributed by atoms with Gasteiger partial charge in [0.05, 0.1) is 5.39 Å². The van der Waals surface area contributed by atoms with Crippen molar-refractivity contribution >= 4 is 28.7 Å². The number of nitrogens with one attached hydrogen (secondary N) is 2. The summed E-state index contributed by atoms with van der Waals surface area (Å²) in [7, 11) is 0. The van der Waals surface area contributed by atoms with Gasteiger partial charge in [0.1, 0.15) is 23.8 Å². The number of likely N-dealkylation sites (tertiary alicyclic amines) is 1. The Morgan fingerprint density at radius 2 is 2.17 bits per heavy atom. The number of H-pyrrole nitrogens is 1. The molecule has 24 heavy (non-hydrogen) atoms. The van der Waals surface area contributed by atoms with Gasteiger partial charge in [0, 0.05) is 18.7 Å². The number of anilines is 1. The monoisotopic (exact) mass is 329 g/mol. The van der Waals surface area contributed by atoms with E-state index < -0.39 is 6.04 Å². The van der Waals surface area contributed by atoms with E-state index in [1.54, 1.807) is 4.90 Å². The third-order valence-electron chi connectivity index (χ3n) is 4.67.